The zero-order chi connectivity index (χ0) is 20.0. The van der Waals surface area contributed by atoms with Gasteiger partial charge in [0.05, 0.1) is 33.3 Å². The van der Waals surface area contributed by atoms with E-state index >= 15 is 0 Å². The SMILES string of the molecule is COc1ccc(C(=S)c2cc(OC)c(OC)c(OC)c2)cc1OC(=O)CCl. The van der Waals surface area contributed by atoms with Crippen molar-refractivity contribution in [3.05, 3.63) is 41.5 Å². The molecule has 144 valence electrons. The fourth-order valence-corrected chi connectivity index (χ4v) is 2.73. The summed E-state index contributed by atoms with van der Waals surface area (Å²) in [4.78, 5) is 12.0. The smallest absolute Gasteiger partial charge is 0.326 e. The molecule has 8 heteroatoms. The van der Waals surface area contributed by atoms with Crippen molar-refractivity contribution in [1.82, 2.24) is 0 Å². The molecular formula is C19H19ClO6S. The normalized spacial score (nSPS) is 10.1. The quantitative estimate of drug-likeness (QED) is 0.216. The Bertz CT molecular complexity index is 827. The Morgan fingerprint density at radius 1 is 0.852 bits per heavy atom. The van der Waals surface area contributed by atoms with Crippen molar-refractivity contribution in [3.63, 3.8) is 0 Å². The maximum atomic E-state index is 11.5. The van der Waals surface area contributed by atoms with Crippen molar-refractivity contribution in [2.24, 2.45) is 0 Å². The van der Waals surface area contributed by atoms with Crippen LogP contribution < -0.4 is 23.7 Å². The van der Waals surface area contributed by atoms with E-state index < -0.39 is 5.97 Å². The predicted octanol–water partition coefficient (Wildman–Crippen LogP) is 3.63. The van der Waals surface area contributed by atoms with Crippen molar-refractivity contribution in [2.75, 3.05) is 34.3 Å². The van der Waals surface area contributed by atoms with E-state index in [0.717, 1.165) is 0 Å². The third kappa shape index (κ3) is 4.61. The summed E-state index contributed by atoms with van der Waals surface area (Å²) in [6.07, 6.45) is 0. The molecule has 0 bridgehead atoms. The van der Waals surface area contributed by atoms with Gasteiger partial charge in [0.2, 0.25) is 5.75 Å². The van der Waals surface area contributed by atoms with E-state index in [1.165, 1.54) is 28.4 Å². The average molecular weight is 411 g/mol. The van der Waals surface area contributed by atoms with Gasteiger partial charge in [-0.05, 0) is 35.9 Å². The molecule has 0 saturated carbocycles. The van der Waals surface area contributed by atoms with Gasteiger partial charge in [0.15, 0.2) is 23.0 Å². The molecule has 0 radical (unpaired) electrons. The number of thiocarbonyl (C=S) groups is 1. The largest absolute Gasteiger partial charge is 0.493 e. The second-order valence-electron chi connectivity index (χ2n) is 5.22. The Hall–Kier alpha value is -2.51. The number of carbonyl (C=O) groups is 1. The predicted molar refractivity (Wildman–Crippen MR) is 106 cm³/mol. The fraction of sp³-hybridized carbons (Fsp3) is 0.263. The zero-order valence-electron chi connectivity index (χ0n) is 15.3. The van der Waals surface area contributed by atoms with Crippen LogP contribution in [0.25, 0.3) is 0 Å². The van der Waals surface area contributed by atoms with Crippen molar-refractivity contribution >= 4 is 34.7 Å². The average Bonchev–Trinajstić information content (AvgIpc) is 2.71. The van der Waals surface area contributed by atoms with Crippen LogP contribution in [0.1, 0.15) is 11.1 Å². The number of ether oxygens (including phenoxy) is 5. The Morgan fingerprint density at radius 2 is 1.41 bits per heavy atom. The second-order valence-corrected chi connectivity index (χ2v) is 5.89. The third-order valence-electron chi connectivity index (χ3n) is 3.69. The molecule has 0 amide bonds. The summed E-state index contributed by atoms with van der Waals surface area (Å²) in [7, 11) is 6.06. The van der Waals surface area contributed by atoms with E-state index in [1.54, 1.807) is 30.3 Å². The summed E-state index contributed by atoms with van der Waals surface area (Å²) < 4.78 is 26.5. The van der Waals surface area contributed by atoms with Crippen LogP contribution in [0.5, 0.6) is 28.7 Å². The lowest BCUT2D eigenvalue weighted by molar-refractivity contribution is -0.131. The molecule has 0 unspecified atom stereocenters. The Morgan fingerprint density at radius 3 is 1.89 bits per heavy atom. The van der Waals surface area contributed by atoms with Gasteiger partial charge < -0.3 is 23.7 Å². The van der Waals surface area contributed by atoms with Crippen molar-refractivity contribution in [3.8, 4) is 28.7 Å². The molecule has 0 aliphatic carbocycles. The van der Waals surface area contributed by atoms with Gasteiger partial charge in [-0.15, -0.1) is 11.6 Å². The summed E-state index contributed by atoms with van der Waals surface area (Å²) in [5, 5.41) is 0. The van der Waals surface area contributed by atoms with Gasteiger partial charge in [-0.3, -0.25) is 4.79 Å². The molecule has 0 saturated heterocycles. The highest BCUT2D eigenvalue weighted by Gasteiger charge is 2.18. The lowest BCUT2D eigenvalue weighted by Crippen LogP contribution is -2.11. The minimum absolute atomic E-state index is 0.232. The van der Waals surface area contributed by atoms with Crippen LogP contribution in [-0.2, 0) is 4.79 Å². The fourth-order valence-electron chi connectivity index (χ4n) is 2.43. The molecule has 0 aliphatic heterocycles. The van der Waals surface area contributed by atoms with E-state index in [4.69, 9.17) is 47.5 Å². The Balaban J connectivity index is 2.48. The molecule has 2 rings (SSSR count). The molecule has 2 aromatic rings. The highest BCUT2D eigenvalue weighted by atomic mass is 35.5. The van der Waals surface area contributed by atoms with Crippen LogP contribution in [0.3, 0.4) is 0 Å². The number of rotatable bonds is 8. The molecule has 0 atom stereocenters. The maximum Gasteiger partial charge on any atom is 0.326 e. The first-order chi connectivity index (χ1) is 13.0. The summed E-state index contributed by atoms with van der Waals surface area (Å²) in [6, 6.07) is 8.55. The number of alkyl halides is 1. The topological polar surface area (TPSA) is 63.2 Å². The number of halogens is 1. The van der Waals surface area contributed by atoms with Gasteiger partial charge in [-0.25, -0.2) is 0 Å². The van der Waals surface area contributed by atoms with E-state index in [2.05, 4.69) is 0 Å². The van der Waals surface area contributed by atoms with E-state index in [0.29, 0.717) is 39.0 Å². The highest BCUT2D eigenvalue weighted by molar-refractivity contribution is 7.81. The standard InChI is InChI=1S/C19H19ClO6S/c1-22-13-6-5-11(7-14(13)26-17(21)10-20)19(27)12-8-15(23-2)18(25-4)16(9-12)24-3/h5-9H,10H2,1-4H3. The minimum atomic E-state index is -0.592. The van der Waals surface area contributed by atoms with Gasteiger partial charge in [-0.2, -0.15) is 0 Å². The molecule has 0 spiro atoms. The number of carbonyl (C=O) groups excluding carboxylic acids is 1. The second kappa shape index (κ2) is 9.43. The monoisotopic (exact) mass is 410 g/mol. The molecule has 0 N–H and O–H groups in total. The lowest BCUT2D eigenvalue weighted by Gasteiger charge is -2.15. The lowest BCUT2D eigenvalue weighted by atomic mass is 10.0. The molecule has 0 aromatic heterocycles. The molecule has 0 fully saturated rings. The van der Waals surface area contributed by atoms with Crippen molar-refractivity contribution in [1.29, 1.82) is 0 Å². The molecule has 6 nitrogen and oxygen atoms in total. The molecule has 0 heterocycles. The Kier molecular flexibility index (Phi) is 7.27. The first-order valence-corrected chi connectivity index (χ1v) is 8.72. The van der Waals surface area contributed by atoms with Crippen LogP contribution >= 0.6 is 23.8 Å². The van der Waals surface area contributed by atoms with Crippen molar-refractivity contribution < 1.29 is 28.5 Å². The van der Waals surface area contributed by atoms with Gasteiger partial charge in [0.25, 0.3) is 0 Å². The van der Waals surface area contributed by atoms with E-state index in [-0.39, 0.29) is 11.6 Å². The van der Waals surface area contributed by atoms with Crippen molar-refractivity contribution in [2.45, 2.75) is 0 Å². The molecule has 0 aliphatic rings. The van der Waals surface area contributed by atoms with E-state index in [1.807, 2.05) is 0 Å². The first kappa shape index (κ1) is 20.8. The van der Waals surface area contributed by atoms with E-state index in [9.17, 15) is 4.79 Å². The number of hydrogen-bond donors (Lipinski definition) is 0. The van der Waals surface area contributed by atoms with Gasteiger partial charge in [0, 0.05) is 5.56 Å². The summed E-state index contributed by atoms with van der Waals surface area (Å²) in [5.74, 6) is 1.20. The maximum absolute atomic E-state index is 11.5. The van der Waals surface area contributed by atoms with Crippen LogP contribution in [0.15, 0.2) is 30.3 Å². The number of benzene rings is 2. The minimum Gasteiger partial charge on any atom is -0.493 e. The van der Waals surface area contributed by atoms with Gasteiger partial charge in [-0.1, -0.05) is 12.2 Å². The number of esters is 1. The highest BCUT2D eigenvalue weighted by Crippen LogP contribution is 2.39. The Labute approximate surface area is 167 Å². The summed E-state index contributed by atoms with van der Waals surface area (Å²) >= 11 is 11.1. The summed E-state index contributed by atoms with van der Waals surface area (Å²) in [5.41, 5.74) is 1.33. The van der Waals surface area contributed by atoms with Gasteiger partial charge in [0.1, 0.15) is 5.88 Å². The van der Waals surface area contributed by atoms with Crippen LogP contribution in [-0.4, -0.2) is 45.2 Å². The van der Waals surface area contributed by atoms with Crippen LogP contribution in [0.2, 0.25) is 0 Å². The third-order valence-corrected chi connectivity index (χ3v) is 4.38. The zero-order valence-corrected chi connectivity index (χ0v) is 16.9. The molecule has 2 aromatic carbocycles. The number of methoxy groups -OCH3 is 4. The molecule has 27 heavy (non-hydrogen) atoms. The van der Waals surface area contributed by atoms with Crippen LogP contribution in [0, 0.1) is 0 Å². The van der Waals surface area contributed by atoms with Crippen LogP contribution in [0.4, 0.5) is 0 Å². The van der Waals surface area contributed by atoms with Gasteiger partial charge >= 0.3 is 5.97 Å². The summed E-state index contributed by atoms with van der Waals surface area (Å²) in [6.45, 7) is 0. The first-order valence-electron chi connectivity index (χ1n) is 7.78. The number of hydrogen-bond acceptors (Lipinski definition) is 7. The molecular weight excluding hydrogens is 392 g/mol.